The maximum absolute atomic E-state index is 12.9. The Morgan fingerprint density at radius 2 is 1.68 bits per heavy atom. The first kappa shape index (κ1) is 24.5. The van der Waals surface area contributed by atoms with Crippen LogP contribution in [0.3, 0.4) is 0 Å². The third-order valence-electron chi connectivity index (χ3n) is 6.81. The lowest BCUT2D eigenvalue weighted by Gasteiger charge is -2.28. The van der Waals surface area contributed by atoms with E-state index in [-0.39, 0.29) is 18.2 Å². The molecule has 0 radical (unpaired) electrons. The fourth-order valence-electron chi connectivity index (χ4n) is 4.80. The zero-order chi connectivity index (χ0) is 25.8. The molecule has 1 aromatic heterocycles. The Balaban J connectivity index is 1.19. The Morgan fingerprint density at radius 1 is 0.973 bits per heavy atom. The van der Waals surface area contributed by atoms with E-state index in [0.717, 1.165) is 41.7 Å². The molecule has 2 N–H and O–H groups in total. The van der Waals surface area contributed by atoms with Crippen molar-refractivity contribution in [2.45, 2.75) is 32.6 Å². The third-order valence-corrected chi connectivity index (χ3v) is 6.81. The summed E-state index contributed by atoms with van der Waals surface area (Å²) in [5.41, 5.74) is 3.18. The van der Waals surface area contributed by atoms with Crippen molar-refractivity contribution in [3.8, 4) is 5.75 Å². The first-order valence-corrected chi connectivity index (χ1v) is 12.7. The molecule has 2 aromatic carbocycles. The van der Waals surface area contributed by atoms with Crippen LogP contribution in [0.1, 0.15) is 31.4 Å². The number of ether oxygens (including phenoxy) is 1. The van der Waals surface area contributed by atoms with Gasteiger partial charge < -0.3 is 25.2 Å². The number of aromatic nitrogens is 2. The Labute approximate surface area is 216 Å². The van der Waals surface area contributed by atoms with E-state index in [1.807, 2.05) is 61.5 Å². The number of hydrogen-bond donors (Lipinski definition) is 2. The van der Waals surface area contributed by atoms with Gasteiger partial charge in [0.15, 0.2) is 0 Å². The minimum absolute atomic E-state index is 0.0630. The Hall–Kier alpha value is -4.14. The third kappa shape index (κ3) is 5.82. The molecule has 3 heterocycles. The van der Waals surface area contributed by atoms with E-state index in [9.17, 15) is 9.59 Å². The van der Waals surface area contributed by atoms with Crippen LogP contribution in [-0.4, -0.2) is 48.5 Å². The van der Waals surface area contributed by atoms with Crippen LogP contribution in [0.4, 0.5) is 28.8 Å². The van der Waals surface area contributed by atoms with E-state index in [1.54, 1.807) is 12.0 Å². The molecule has 2 fully saturated rings. The number of methoxy groups -OCH3 is 1. The molecule has 2 aliphatic rings. The van der Waals surface area contributed by atoms with E-state index in [4.69, 9.17) is 9.72 Å². The molecular formula is C28H32N6O3. The topological polar surface area (TPSA) is 99.7 Å². The molecule has 2 amide bonds. The maximum atomic E-state index is 12.9. The number of nitrogens with zero attached hydrogens (tertiary/aromatic N) is 4. The summed E-state index contributed by atoms with van der Waals surface area (Å²) in [6, 6.07) is 16.7. The minimum atomic E-state index is -0.415. The predicted molar refractivity (Wildman–Crippen MR) is 145 cm³/mol. The van der Waals surface area contributed by atoms with Gasteiger partial charge in [0.05, 0.1) is 13.0 Å². The molecule has 2 saturated heterocycles. The largest absolute Gasteiger partial charge is 0.497 e. The summed E-state index contributed by atoms with van der Waals surface area (Å²) in [7, 11) is 1.60. The van der Waals surface area contributed by atoms with Crippen LogP contribution in [0, 0.1) is 12.8 Å². The number of rotatable bonds is 7. The van der Waals surface area contributed by atoms with Crippen LogP contribution in [0.5, 0.6) is 5.75 Å². The van der Waals surface area contributed by atoms with E-state index >= 15 is 0 Å². The highest BCUT2D eigenvalue weighted by Crippen LogP contribution is 2.28. The lowest BCUT2D eigenvalue weighted by atomic mass is 10.1. The van der Waals surface area contributed by atoms with Crippen molar-refractivity contribution in [1.82, 2.24) is 9.97 Å². The zero-order valence-corrected chi connectivity index (χ0v) is 21.2. The Kier molecular flexibility index (Phi) is 7.20. The SMILES string of the molecule is COc1ccc(N2C[C@@H](C(=O)Nc3ccc(Nc4nc(C)cc(N5CCCCC5)n4)cc3)CC2=O)cc1. The molecule has 1 atom stereocenters. The number of carbonyl (C=O) groups is 2. The molecule has 0 bridgehead atoms. The molecule has 0 spiro atoms. The number of anilines is 5. The van der Waals surface area contributed by atoms with Gasteiger partial charge in [0.1, 0.15) is 11.6 Å². The first-order chi connectivity index (χ1) is 18.0. The van der Waals surface area contributed by atoms with Crippen LogP contribution in [0.15, 0.2) is 54.6 Å². The van der Waals surface area contributed by atoms with Gasteiger partial charge in [-0.2, -0.15) is 4.98 Å². The van der Waals surface area contributed by atoms with Gasteiger partial charge in [-0.3, -0.25) is 9.59 Å². The average Bonchev–Trinajstić information content (AvgIpc) is 3.32. The molecule has 9 heteroatoms. The second-order valence-electron chi connectivity index (χ2n) is 9.53. The van der Waals surface area contributed by atoms with Gasteiger partial charge in [-0.15, -0.1) is 0 Å². The summed E-state index contributed by atoms with van der Waals surface area (Å²) in [6.07, 6.45) is 3.83. The number of piperidine rings is 1. The quantitative estimate of drug-likeness (QED) is 0.492. The van der Waals surface area contributed by atoms with Crippen LogP contribution < -0.4 is 25.2 Å². The van der Waals surface area contributed by atoms with E-state index in [0.29, 0.717) is 18.2 Å². The summed E-state index contributed by atoms with van der Waals surface area (Å²) >= 11 is 0. The van der Waals surface area contributed by atoms with Gasteiger partial charge in [0, 0.05) is 54.9 Å². The van der Waals surface area contributed by atoms with E-state index < -0.39 is 5.92 Å². The molecule has 9 nitrogen and oxygen atoms in total. The van der Waals surface area contributed by atoms with E-state index in [1.165, 1.54) is 19.3 Å². The van der Waals surface area contributed by atoms with Gasteiger partial charge in [0.25, 0.3) is 0 Å². The Bertz CT molecular complexity index is 1260. The van der Waals surface area contributed by atoms with Crippen molar-refractivity contribution in [3.05, 3.63) is 60.3 Å². The van der Waals surface area contributed by atoms with Gasteiger partial charge in [0.2, 0.25) is 17.8 Å². The molecule has 0 unspecified atom stereocenters. The number of carbonyl (C=O) groups excluding carboxylic acids is 2. The van der Waals surface area contributed by atoms with Gasteiger partial charge in [-0.05, 0) is 74.7 Å². The Morgan fingerprint density at radius 3 is 2.38 bits per heavy atom. The monoisotopic (exact) mass is 500 g/mol. The lowest BCUT2D eigenvalue weighted by Crippen LogP contribution is -2.30. The molecule has 0 aliphatic carbocycles. The second-order valence-corrected chi connectivity index (χ2v) is 9.53. The normalized spacial score (nSPS) is 17.6. The summed E-state index contributed by atoms with van der Waals surface area (Å²) in [4.78, 5) is 38.7. The fourth-order valence-corrected chi connectivity index (χ4v) is 4.80. The van der Waals surface area contributed by atoms with Gasteiger partial charge in [-0.25, -0.2) is 4.98 Å². The van der Waals surface area contributed by atoms with Crippen molar-refractivity contribution in [2.75, 3.05) is 47.2 Å². The molecule has 5 rings (SSSR count). The summed E-state index contributed by atoms with van der Waals surface area (Å²) in [5, 5.41) is 6.22. The number of nitrogens with one attached hydrogen (secondary N) is 2. The number of amides is 2. The summed E-state index contributed by atoms with van der Waals surface area (Å²) in [5.74, 6) is 1.58. The molecule has 3 aromatic rings. The highest BCUT2D eigenvalue weighted by molar-refractivity contribution is 6.03. The molecule has 2 aliphatic heterocycles. The van der Waals surface area contributed by atoms with Crippen molar-refractivity contribution in [3.63, 3.8) is 0 Å². The van der Waals surface area contributed by atoms with Crippen LogP contribution in [0.25, 0.3) is 0 Å². The standard InChI is InChI=1S/C28H32N6O3/c1-19-16-25(33-14-4-3-5-15-33)32-28(29-19)31-22-8-6-21(7-9-22)30-27(36)20-17-26(35)34(18-20)23-10-12-24(37-2)13-11-23/h6-13,16,20H,3-5,14-15,17-18H2,1-2H3,(H,30,36)(H,29,31,32)/t20-/m0/s1. The van der Waals surface area contributed by atoms with Crippen LogP contribution in [0.2, 0.25) is 0 Å². The highest BCUT2D eigenvalue weighted by Gasteiger charge is 2.35. The molecular weight excluding hydrogens is 468 g/mol. The minimum Gasteiger partial charge on any atom is -0.497 e. The fraction of sp³-hybridized carbons (Fsp3) is 0.357. The van der Waals surface area contributed by atoms with Crippen molar-refractivity contribution in [1.29, 1.82) is 0 Å². The maximum Gasteiger partial charge on any atom is 0.229 e. The van der Waals surface area contributed by atoms with Crippen LogP contribution in [-0.2, 0) is 9.59 Å². The predicted octanol–water partition coefficient (Wildman–Crippen LogP) is 4.52. The highest BCUT2D eigenvalue weighted by atomic mass is 16.5. The molecule has 0 saturated carbocycles. The second kappa shape index (κ2) is 10.9. The average molecular weight is 501 g/mol. The zero-order valence-electron chi connectivity index (χ0n) is 21.2. The summed E-state index contributed by atoms with van der Waals surface area (Å²) in [6.45, 7) is 4.37. The number of aryl methyl sites for hydroxylation is 1. The van der Waals surface area contributed by atoms with Crippen LogP contribution >= 0.6 is 0 Å². The summed E-state index contributed by atoms with van der Waals surface area (Å²) < 4.78 is 5.18. The van der Waals surface area contributed by atoms with Gasteiger partial charge >= 0.3 is 0 Å². The lowest BCUT2D eigenvalue weighted by molar-refractivity contribution is -0.122. The number of benzene rings is 2. The van der Waals surface area contributed by atoms with Crippen molar-refractivity contribution < 1.29 is 14.3 Å². The molecule has 37 heavy (non-hydrogen) atoms. The van der Waals surface area contributed by atoms with Gasteiger partial charge in [-0.1, -0.05) is 0 Å². The smallest absolute Gasteiger partial charge is 0.229 e. The van der Waals surface area contributed by atoms with Crippen molar-refractivity contribution >= 4 is 40.6 Å². The molecule has 192 valence electrons. The van der Waals surface area contributed by atoms with Crippen molar-refractivity contribution in [2.24, 2.45) is 5.92 Å². The number of hydrogen-bond acceptors (Lipinski definition) is 7. The first-order valence-electron chi connectivity index (χ1n) is 12.7. The van der Waals surface area contributed by atoms with E-state index in [2.05, 4.69) is 20.5 Å².